The molecule has 0 fully saturated rings. The van der Waals surface area contributed by atoms with Crippen molar-refractivity contribution in [1.29, 1.82) is 0 Å². The summed E-state index contributed by atoms with van der Waals surface area (Å²) in [4.78, 5) is 0.0634. The molecular formula is C14H15ClN2O2S. The highest BCUT2D eigenvalue weighted by atomic mass is 35.5. The van der Waals surface area contributed by atoms with Crippen LogP contribution in [0.3, 0.4) is 0 Å². The van der Waals surface area contributed by atoms with Crippen LogP contribution in [0.2, 0.25) is 5.02 Å². The molecule has 4 nitrogen and oxygen atoms in total. The van der Waals surface area contributed by atoms with Crippen LogP contribution < -0.4 is 10.0 Å². The molecule has 6 heteroatoms. The van der Waals surface area contributed by atoms with E-state index in [1.54, 1.807) is 36.4 Å². The van der Waals surface area contributed by atoms with Crippen LogP contribution in [0.1, 0.15) is 5.56 Å². The van der Waals surface area contributed by atoms with Crippen LogP contribution in [0.15, 0.2) is 53.4 Å². The first-order valence-electron chi connectivity index (χ1n) is 5.99. The Morgan fingerprint density at radius 2 is 1.80 bits per heavy atom. The molecule has 0 radical (unpaired) electrons. The number of halogens is 1. The highest BCUT2D eigenvalue weighted by molar-refractivity contribution is 7.93. The zero-order valence-corrected chi connectivity index (χ0v) is 12.5. The van der Waals surface area contributed by atoms with Gasteiger partial charge in [0.2, 0.25) is 0 Å². The molecular weight excluding hydrogens is 296 g/mol. The number of anilines is 1. The van der Waals surface area contributed by atoms with E-state index in [0.29, 0.717) is 5.69 Å². The molecule has 0 spiro atoms. The molecule has 2 N–H and O–H groups in total. The van der Waals surface area contributed by atoms with Gasteiger partial charge in [-0.05, 0) is 29.8 Å². The Hall–Kier alpha value is -1.56. The van der Waals surface area contributed by atoms with Gasteiger partial charge in [0, 0.05) is 13.6 Å². The van der Waals surface area contributed by atoms with Gasteiger partial charge in [-0.2, -0.15) is 0 Å². The maximum atomic E-state index is 12.6. The Morgan fingerprint density at radius 1 is 1.15 bits per heavy atom. The number of para-hydroxylation sites is 1. The van der Waals surface area contributed by atoms with Crippen molar-refractivity contribution >= 4 is 27.3 Å². The fourth-order valence-corrected chi connectivity index (χ4v) is 3.52. The minimum Gasteiger partial charge on any atom is -0.326 e. The van der Waals surface area contributed by atoms with Gasteiger partial charge in [-0.15, -0.1) is 0 Å². The number of hydrogen-bond acceptors (Lipinski definition) is 3. The smallest absolute Gasteiger partial charge is 0.265 e. The molecule has 0 bridgehead atoms. The van der Waals surface area contributed by atoms with Crippen LogP contribution in [0.25, 0.3) is 0 Å². The predicted octanol–water partition coefficient (Wildman–Crippen LogP) is 2.62. The van der Waals surface area contributed by atoms with Crippen molar-refractivity contribution in [3.05, 3.63) is 59.1 Å². The molecule has 0 amide bonds. The number of sulfonamides is 1. The lowest BCUT2D eigenvalue weighted by Gasteiger charge is -2.20. The van der Waals surface area contributed by atoms with Gasteiger partial charge >= 0.3 is 0 Å². The maximum Gasteiger partial charge on any atom is 0.265 e. The average Bonchev–Trinajstić information content (AvgIpc) is 2.47. The first-order chi connectivity index (χ1) is 9.46. The van der Waals surface area contributed by atoms with E-state index in [1.807, 2.05) is 6.07 Å². The van der Waals surface area contributed by atoms with Crippen LogP contribution in [0, 0.1) is 0 Å². The molecule has 106 valence electrons. The van der Waals surface area contributed by atoms with Gasteiger partial charge in [-0.25, -0.2) is 8.42 Å². The summed E-state index contributed by atoms with van der Waals surface area (Å²) in [5, 5.41) is 0.185. The van der Waals surface area contributed by atoms with E-state index in [2.05, 4.69) is 0 Å². The van der Waals surface area contributed by atoms with Crippen LogP contribution in [-0.4, -0.2) is 15.5 Å². The van der Waals surface area contributed by atoms with E-state index < -0.39 is 10.0 Å². The van der Waals surface area contributed by atoms with Gasteiger partial charge in [-0.3, -0.25) is 4.31 Å². The molecule has 0 aliphatic heterocycles. The lowest BCUT2D eigenvalue weighted by molar-refractivity contribution is 0.594. The summed E-state index contributed by atoms with van der Waals surface area (Å²) in [6.07, 6.45) is 0. The SMILES string of the molecule is CN(c1ccccc1)S(=O)(=O)c1cc(CN)ccc1Cl. The molecule has 2 aromatic carbocycles. The molecule has 0 saturated heterocycles. The van der Waals surface area contributed by atoms with Gasteiger partial charge in [0.25, 0.3) is 10.0 Å². The highest BCUT2D eigenvalue weighted by Crippen LogP contribution is 2.28. The van der Waals surface area contributed by atoms with Crippen molar-refractivity contribution in [3.63, 3.8) is 0 Å². The molecule has 0 saturated carbocycles. The third kappa shape index (κ3) is 2.80. The maximum absolute atomic E-state index is 12.6. The van der Waals surface area contributed by atoms with Crippen molar-refractivity contribution in [1.82, 2.24) is 0 Å². The molecule has 0 heterocycles. The number of nitrogens with zero attached hydrogens (tertiary/aromatic N) is 1. The van der Waals surface area contributed by atoms with Gasteiger partial charge < -0.3 is 5.73 Å². The van der Waals surface area contributed by atoms with Gasteiger partial charge in [0.15, 0.2) is 0 Å². The zero-order valence-electron chi connectivity index (χ0n) is 11.0. The third-order valence-electron chi connectivity index (χ3n) is 2.99. The minimum atomic E-state index is -3.71. The zero-order chi connectivity index (χ0) is 14.8. The van der Waals surface area contributed by atoms with Crippen molar-refractivity contribution in [2.75, 3.05) is 11.4 Å². The van der Waals surface area contributed by atoms with E-state index in [0.717, 1.165) is 5.56 Å². The molecule has 2 aromatic rings. The lowest BCUT2D eigenvalue weighted by atomic mass is 10.2. The number of rotatable bonds is 4. The second-order valence-electron chi connectivity index (χ2n) is 4.28. The highest BCUT2D eigenvalue weighted by Gasteiger charge is 2.24. The van der Waals surface area contributed by atoms with E-state index in [-0.39, 0.29) is 16.5 Å². The van der Waals surface area contributed by atoms with Crippen LogP contribution >= 0.6 is 11.6 Å². The Bertz CT molecular complexity index is 702. The third-order valence-corrected chi connectivity index (χ3v) is 5.26. The fourth-order valence-electron chi connectivity index (χ4n) is 1.80. The Morgan fingerprint density at radius 3 is 2.40 bits per heavy atom. The number of benzene rings is 2. The molecule has 0 aliphatic rings. The molecule has 20 heavy (non-hydrogen) atoms. The summed E-state index contributed by atoms with van der Waals surface area (Å²) in [7, 11) is -2.21. The van der Waals surface area contributed by atoms with E-state index >= 15 is 0 Å². The van der Waals surface area contributed by atoms with Crippen molar-refractivity contribution in [3.8, 4) is 0 Å². The second-order valence-corrected chi connectivity index (χ2v) is 6.62. The van der Waals surface area contributed by atoms with Crippen LogP contribution in [-0.2, 0) is 16.6 Å². The number of hydrogen-bond donors (Lipinski definition) is 1. The van der Waals surface area contributed by atoms with Crippen LogP contribution in [0.4, 0.5) is 5.69 Å². The summed E-state index contributed by atoms with van der Waals surface area (Å²) in [6, 6.07) is 13.6. The summed E-state index contributed by atoms with van der Waals surface area (Å²) in [5.74, 6) is 0. The molecule has 0 aromatic heterocycles. The standard InChI is InChI=1S/C14H15ClN2O2S/c1-17(12-5-3-2-4-6-12)20(18,19)14-9-11(10-16)7-8-13(14)15/h2-9H,10,16H2,1H3. The van der Waals surface area contributed by atoms with Gasteiger partial charge in [0.1, 0.15) is 4.90 Å². The minimum absolute atomic E-state index is 0.0634. The Balaban J connectivity index is 2.50. The first-order valence-corrected chi connectivity index (χ1v) is 7.81. The average molecular weight is 311 g/mol. The summed E-state index contributed by atoms with van der Waals surface area (Å²) >= 11 is 6.02. The van der Waals surface area contributed by atoms with E-state index in [9.17, 15) is 8.42 Å². The van der Waals surface area contributed by atoms with Crippen molar-refractivity contribution in [2.24, 2.45) is 5.73 Å². The monoisotopic (exact) mass is 310 g/mol. The Kier molecular flexibility index (Phi) is 4.32. The quantitative estimate of drug-likeness (QED) is 0.944. The number of nitrogens with two attached hydrogens (primary N) is 1. The van der Waals surface area contributed by atoms with Gasteiger partial charge in [0.05, 0.1) is 10.7 Å². The van der Waals surface area contributed by atoms with Crippen molar-refractivity contribution in [2.45, 2.75) is 11.4 Å². The van der Waals surface area contributed by atoms with E-state index in [4.69, 9.17) is 17.3 Å². The normalized spacial score (nSPS) is 11.3. The van der Waals surface area contributed by atoms with Crippen molar-refractivity contribution < 1.29 is 8.42 Å². The topological polar surface area (TPSA) is 63.4 Å². The summed E-state index contributed by atoms with van der Waals surface area (Å²) < 4.78 is 26.4. The lowest BCUT2D eigenvalue weighted by Crippen LogP contribution is -2.27. The molecule has 0 atom stereocenters. The summed E-state index contributed by atoms with van der Waals surface area (Å²) in [5.41, 5.74) is 6.84. The second kappa shape index (κ2) is 5.83. The molecule has 2 rings (SSSR count). The Labute approximate surface area is 123 Å². The van der Waals surface area contributed by atoms with E-state index in [1.165, 1.54) is 17.4 Å². The van der Waals surface area contributed by atoms with Gasteiger partial charge in [-0.1, -0.05) is 35.9 Å². The first kappa shape index (κ1) is 14.8. The largest absolute Gasteiger partial charge is 0.326 e. The molecule has 0 aliphatic carbocycles. The molecule has 0 unspecified atom stereocenters. The predicted molar refractivity (Wildman–Crippen MR) is 81.4 cm³/mol. The summed E-state index contributed by atoms with van der Waals surface area (Å²) in [6.45, 7) is 0.259. The fraction of sp³-hybridized carbons (Fsp3) is 0.143. The van der Waals surface area contributed by atoms with Crippen LogP contribution in [0.5, 0.6) is 0 Å².